The topological polar surface area (TPSA) is 68.0 Å². The van der Waals surface area contributed by atoms with Gasteiger partial charge in [-0.05, 0) is 43.2 Å². The third kappa shape index (κ3) is 5.64. The Bertz CT molecular complexity index is 1150. The van der Waals surface area contributed by atoms with Gasteiger partial charge in [0, 0.05) is 35.9 Å². The van der Waals surface area contributed by atoms with Crippen LogP contribution in [0.3, 0.4) is 0 Å². The van der Waals surface area contributed by atoms with Crippen LogP contribution in [0, 0.1) is 12.7 Å². The van der Waals surface area contributed by atoms with E-state index in [2.05, 4.69) is 44.9 Å². The number of benzene rings is 2. The fraction of sp³-hybridized carbons (Fsp3) is 0.208. The second-order valence-corrected chi connectivity index (χ2v) is 8.24. The first kappa shape index (κ1) is 20.9. The fourth-order valence-corrected chi connectivity index (χ4v) is 3.79. The van der Waals surface area contributed by atoms with Crippen LogP contribution in [0.4, 0.5) is 4.39 Å². The van der Waals surface area contributed by atoms with Gasteiger partial charge in [0.15, 0.2) is 11.7 Å². The Labute approximate surface area is 184 Å². The van der Waals surface area contributed by atoms with Crippen LogP contribution in [-0.4, -0.2) is 22.4 Å². The number of rotatable bonds is 8. The van der Waals surface area contributed by atoms with Crippen molar-refractivity contribution in [2.75, 3.05) is 6.54 Å². The van der Waals surface area contributed by atoms with Gasteiger partial charge in [0.05, 0.1) is 16.9 Å². The van der Waals surface area contributed by atoms with E-state index in [0.717, 1.165) is 33.8 Å². The molecule has 7 heteroatoms. The van der Waals surface area contributed by atoms with Crippen molar-refractivity contribution in [3.63, 3.8) is 0 Å². The van der Waals surface area contributed by atoms with Gasteiger partial charge in [-0.1, -0.05) is 24.3 Å². The molecule has 2 aromatic carbocycles. The largest absolute Gasteiger partial charge is 0.441 e. The second-order valence-electron chi connectivity index (χ2n) is 7.17. The number of hydrogen-bond acceptors (Lipinski definition) is 5. The molecule has 2 aromatic heterocycles. The quantitative estimate of drug-likeness (QED) is 0.413. The van der Waals surface area contributed by atoms with E-state index in [1.54, 1.807) is 29.7 Å². The molecule has 0 aliphatic carbocycles. The molecule has 0 bridgehead atoms. The average molecular weight is 436 g/mol. The van der Waals surface area contributed by atoms with Gasteiger partial charge >= 0.3 is 0 Å². The van der Waals surface area contributed by atoms with Crippen LogP contribution < -0.4 is 5.32 Å². The van der Waals surface area contributed by atoms with Gasteiger partial charge in [-0.25, -0.2) is 14.4 Å². The lowest BCUT2D eigenvalue weighted by Gasteiger charge is -2.05. The normalized spacial score (nSPS) is 10.9. The monoisotopic (exact) mass is 435 g/mol. The third-order valence-corrected chi connectivity index (χ3v) is 5.63. The van der Waals surface area contributed by atoms with E-state index in [1.807, 2.05) is 6.92 Å². The Morgan fingerprint density at radius 3 is 2.52 bits per heavy atom. The highest BCUT2D eigenvalue weighted by Gasteiger charge is 2.09. The van der Waals surface area contributed by atoms with Crippen LogP contribution in [0.15, 0.2) is 64.5 Å². The van der Waals surface area contributed by atoms with Gasteiger partial charge in [-0.3, -0.25) is 4.79 Å². The zero-order chi connectivity index (χ0) is 21.6. The molecular weight excluding hydrogens is 413 g/mol. The molecule has 0 atom stereocenters. The van der Waals surface area contributed by atoms with Crippen molar-refractivity contribution in [3.05, 3.63) is 82.4 Å². The zero-order valence-electron chi connectivity index (χ0n) is 17.1. The predicted molar refractivity (Wildman–Crippen MR) is 119 cm³/mol. The molecule has 1 N–H and O–H groups in total. The summed E-state index contributed by atoms with van der Waals surface area (Å²) in [6.45, 7) is 2.57. The number of nitrogens with zero attached hydrogens (tertiary/aromatic N) is 2. The van der Waals surface area contributed by atoms with Crippen molar-refractivity contribution >= 4 is 17.2 Å². The smallest absolute Gasteiger partial charge is 0.220 e. The number of aryl methyl sites for hydroxylation is 2. The minimum absolute atomic E-state index is 0.0453. The average Bonchev–Trinajstić information content (AvgIpc) is 3.43. The van der Waals surface area contributed by atoms with Crippen molar-refractivity contribution < 1.29 is 13.6 Å². The van der Waals surface area contributed by atoms with Crippen molar-refractivity contribution in [3.8, 4) is 22.6 Å². The number of amides is 1. The van der Waals surface area contributed by atoms with Crippen molar-refractivity contribution in [1.29, 1.82) is 0 Å². The Balaban J connectivity index is 1.21. The van der Waals surface area contributed by atoms with Crippen LogP contribution in [0.25, 0.3) is 22.6 Å². The van der Waals surface area contributed by atoms with E-state index < -0.39 is 0 Å². The summed E-state index contributed by atoms with van der Waals surface area (Å²) < 4.78 is 18.7. The maximum Gasteiger partial charge on any atom is 0.220 e. The van der Waals surface area contributed by atoms with Crippen LogP contribution in [-0.2, 0) is 17.6 Å². The summed E-state index contributed by atoms with van der Waals surface area (Å²) in [6.07, 6.45) is 3.06. The summed E-state index contributed by atoms with van der Waals surface area (Å²) in [5.74, 6) is 0.704. The Morgan fingerprint density at radius 2 is 1.81 bits per heavy atom. The number of thiazole rings is 1. The molecule has 158 valence electrons. The SMILES string of the molecule is Cc1nc(-c2ccc(CCNC(=O)CCc3ncc(-c4ccc(F)cc4)o3)cc2)cs1. The highest BCUT2D eigenvalue weighted by atomic mass is 32.1. The summed E-state index contributed by atoms with van der Waals surface area (Å²) in [7, 11) is 0. The number of nitrogens with one attached hydrogen (secondary N) is 1. The van der Waals surface area contributed by atoms with E-state index >= 15 is 0 Å². The van der Waals surface area contributed by atoms with E-state index in [4.69, 9.17) is 4.42 Å². The van der Waals surface area contributed by atoms with Crippen LogP contribution >= 0.6 is 11.3 Å². The van der Waals surface area contributed by atoms with E-state index in [-0.39, 0.29) is 11.7 Å². The highest BCUT2D eigenvalue weighted by molar-refractivity contribution is 7.09. The van der Waals surface area contributed by atoms with Crippen LogP contribution in [0.1, 0.15) is 22.9 Å². The van der Waals surface area contributed by atoms with Gasteiger partial charge in [0.25, 0.3) is 0 Å². The molecule has 0 saturated heterocycles. The molecule has 1 amide bonds. The molecule has 0 spiro atoms. The lowest BCUT2D eigenvalue weighted by atomic mass is 10.1. The molecule has 4 rings (SSSR count). The molecule has 5 nitrogen and oxygen atoms in total. The summed E-state index contributed by atoms with van der Waals surface area (Å²) in [5, 5.41) is 6.05. The van der Waals surface area contributed by atoms with Crippen molar-refractivity contribution in [1.82, 2.24) is 15.3 Å². The number of aromatic nitrogens is 2. The first-order valence-corrected chi connectivity index (χ1v) is 10.9. The summed E-state index contributed by atoms with van der Waals surface area (Å²) in [6, 6.07) is 14.3. The number of carbonyl (C=O) groups excluding carboxylic acids is 1. The number of hydrogen-bond donors (Lipinski definition) is 1. The van der Waals surface area contributed by atoms with Crippen molar-refractivity contribution in [2.45, 2.75) is 26.2 Å². The Morgan fingerprint density at radius 1 is 1.06 bits per heavy atom. The van der Waals surface area contributed by atoms with Gasteiger partial charge in [0.1, 0.15) is 5.82 Å². The van der Waals surface area contributed by atoms with Gasteiger partial charge in [-0.2, -0.15) is 0 Å². The van der Waals surface area contributed by atoms with E-state index in [9.17, 15) is 9.18 Å². The molecule has 4 aromatic rings. The van der Waals surface area contributed by atoms with E-state index in [1.165, 1.54) is 12.1 Å². The number of halogens is 1. The maximum atomic E-state index is 13.0. The van der Waals surface area contributed by atoms with Gasteiger partial charge in [-0.15, -0.1) is 11.3 Å². The molecule has 2 heterocycles. The Hall–Kier alpha value is -3.32. The summed E-state index contributed by atoms with van der Waals surface area (Å²) in [4.78, 5) is 20.8. The standard InChI is InChI=1S/C24H22FN3O2S/c1-16-28-21(15-31-16)18-4-2-17(3-5-18)12-13-26-23(29)10-11-24-27-14-22(30-24)19-6-8-20(25)9-7-19/h2-9,14-15H,10-13H2,1H3,(H,26,29). The molecule has 0 radical (unpaired) electrons. The summed E-state index contributed by atoms with van der Waals surface area (Å²) in [5.41, 5.74) is 4.01. The zero-order valence-corrected chi connectivity index (χ0v) is 17.9. The lowest BCUT2D eigenvalue weighted by molar-refractivity contribution is -0.121. The highest BCUT2D eigenvalue weighted by Crippen LogP contribution is 2.22. The van der Waals surface area contributed by atoms with Gasteiger partial charge in [0.2, 0.25) is 5.91 Å². The van der Waals surface area contributed by atoms with Crippen LogP contribution in [0.2, 0.25) is 0 Å². The lowest BCUT2D eigenvalue weighted by Crippen LogP contribution is -2.25. The second kappa shape index (κ2) is 9.66. The molecule has 0 saturated carbocycles. The number of carbonyl (C=O) groups is 1. The minimum Gasteiger partial charge on any atom is -0.441 e. The van der Waals surface area contributed by atoms with E-state index in [0.29, 0.717) is 31.0 Å². The van der Waals surface area contributed by atoms with Crippen molar-refractivity contribution in [2.24, 2.45) is 0 Å². The van der Waals surface area contributed by atoms with Crippen LogP contribution in [0.5, 0.6) is 0 Å². The predicted octanol–water partition coefficient (Wildman–Crippen LogP) is 5.20. The molecule has 0 fully saturated rings. The van der Waals surface area contributed by atoms with Gasteiger partial charge < -0.3 is 9.73 Å². The minimum atomic E-state index is -0.300. The summed E-state index contributed by atoms with van der Waals surface area (Å²) >= 11 is 1.64. The third-order valence-electron chi connectivity index (χ3n) is 4.85. The first-order chi connectivity index (χ1) is 15.1. The molecule has 0 aliphatic rings. The maximum absolute atomic E-state index is 13.0. The molecule has 0 aliphatic heterocycles. The molecular formula is C24H22FN3O2S. The Kier molecular flexibility index (Phi) is 6.52. The molecule has 31 heavy (non-hydrogen) atoms. The molecule has 0 unspecified atom stereocenters. The number of oxazole rings is 1. The first-order valence-electron chi connectivity index (χ1n) is 10.1. The fourth-order valence-electron chi connectivity index (χ4n) is 3.17.